The number of ether oxygens (including phenoxy) is 2. The number of aromatic nitrogens is 3. The van der Waals surface area contributed by atoms with Crippen molar-refractivity contribution in [1.29, 1.82) is 0 Å². The highest BCUT2D eigenvalue weighted by atomic mass is 19.4. The number of esters is 1. The SMILES string of the molecule is CCOC(=O)c1cnn(-c2cccc(C3=C(COC4=CCC(C)(C5CCN(C(=O)C6CC6)CC5)C(CC)=C4)C(C)CCC3)n2)c1C(F)(F)F. The molecular weight excluding hydrogens is 633 g/mol. The third-order valence-electron chi connectivity index (χ3n) is 11.0. The Bertz CT molecular complexity index is 1660. The number of allylic oxidation sites excluding steroid dienone is 4. The van der Waals surface area contributed by atoms with Crippen LogP contribution in [0.2, 0.25) is 0 Å². The molecule has 11 heteroatoms. The van der Waals surface area contributed by atoms with E-state index in [1.165, 1.54) is 18.6 Å². The van der Waals surface area contributed by atoms with Crippen molar-refractivity contribution in [3.8, 4) is 5.82 Å². The summed E-state index contributed by atoms with van der Waals surface area (Å²) in [4.78, 5) is 31.7. The fourth-order valence-electron chi connectivity index (χ4n) is 7.96. The Labute approximate surface area is 286 Å². The molecule has 0 bridgehead atoms. The number of likely N-dealkylation sites (tertiary alicyclic amines) is 1. The van der Waals surface area contributed by atoms with E-state index in [0.29, 0.717) is 28.8 Å². The van der Waals surface area contributed by atoms with Crippen LogP contribution in [-0.4, -0.2) is 57.8 Å². The predicted octanol–water partition coefficient (Wildman–Crippen LogP) is 8.33. The second-order valence-corrected chi connectivity index (χ2v) is 14.1. The van der Waals surface area contributed by atoms with Crippen LogP contribution < -0.4 is 0 Å². The maximum atomic E-state index is 14.2. The van der Waals surface area contributed by atoms with Crippen LogP contribution in [0.5, 0.6) is 0 Å². The van der Waals surface area contributed by atoms with Crippen molar-refractivity contribution in [2.75, 3.05) is 26.3 Å². The summed E-state index contributed by atoms with van der Waals surface area (Å²) in [6.07, 6.45) is 9.00. The van der Waals surface area contributed by atoms with Gasteiger partial charge in [0.1, 0.15) is 17.9 Å². The Hall–Kier alpha value is -3.89. The van der Waals surface area contributed by atoms with E-state index in [1.54, 1.807) is 6.07 Å². The normalized spacial score (nSPS) is 23.7. The lowest BCUT2D eigenvalue weighted by Gasteiger charge is -2.45. The van der Waals surface area contributed by atoms with Gasteiger partial charge < -0.3 is 14.4 Å². The highest BCUT2D eigenvalue weighted by molar-refractivity contribution is 5.90. The molecule has 3 heterocycles. The average molecular weight is 681 g/mol. The molecule has 2 unspecified atom stereocenters. The predicted molar refractivity (Wildman–Crippen MR) is 179 cm³/mol. The number of carbonyl (C=O) groups is 2. The minimum atomic E-state index is -4.85. The summed E-state index contributed by atoms with van der Waals surface area (Å²) in [6, 6.07) is 4.94. The second-order valence-electron chi connectivity index (χ2n) is 14.1. The summed E-state index contributed by atoms with van der Waals surface area (Å²) < 4.78 is 54.7. The van der Waals surface area contributed by atoms with Crippen LogP contribution in [0.1, 0.15) is 107 Å². The molecule has 0 spiro atoms. The Morgan fingerprint density at radius 1 is 1.08 bits per heavy atom. The van der Waals surface area contributed by atoms with Crippen molar-refractivity contribution < 1.29 is 32.2 Å². The van der Waals surface area contributed by atoms with E-state index in [4.69, 9.17) is 9.47 Å². The molecule has 6 rings (SSSR count). The van der Waals surface area contributed by atoms with Gasteiger partial charge in [-0.3, -0.25) is 4.79 Å². The van der Waals surface area contributed by atoms with E-state index < -0.39 is 23.4 Å². The minimum Gasteiger partial charge on any atom is -0.490 e. The van der Waals surface area contributed by atoms with E-state index in [9.17, 15) is 22.8 Å². The van der Waals surface area contributed by atoms with Crippen molar-refractivity contribution in [2.24, 2.45) is 23.2 Å². The third-order valence-corrected chi connectivity index (χ3v) is 11.0. The molecule has 0 radical (unpaired) electrons. The number of carbonyl (C=O) groups excluding carboxylic acids is 2. The molecule has 0 N–H and O–H groups in total. The Kier molecular flexibility index (Phi) is 10.1. The van der Waals surface area contributed by atoms with Gasteiger partial charge in [-0.2, -0.15) is 18.3 Å². The van der Waals surface area contributed by atoms with Crippen LogP contribution in [0.4, 0.5) is 13.2 Å². The van der Waals surface area contributed by atoms with Gasteiger partial charge in [0.25, 0.3) is 0 Å². The van der Waals surface area contributed by atoms with Gasteiger partial charge in [0.2, 0.25) is 5.91 Å². The van der Waals surface area contributed by atoms with E-state index >= 15 is 0 Å². The average Bonchev–Trinajstić information content (AvgIpc) is 3.84. The van der Waals surface area contributed by atoms with Crippen molar-refractivity contribution in [3.05, 3.63) is 70.4 Å². The monoisotopic (exact) mass is 680 g/mol. The summed E-state index contributed by atoms with van der Waals surface area (Å²) >= 11 is 0. The Balaban J connectivity index is 1.20. The summed E-state index contributed by atoms with van der Waals surface area (Å²) in [5.74, 6) is 1.07. The first kappa shape index (κ1) is 35.0. The largest absolute Gasteiger partial charge is 0.490 e. The highest BCUT2D eigenvalue weighted by Gasteiger charge is 2.43. The molecule has 2 atom stereocenters. The summed E-state index contributed by atoms with van der Waals surface area (Å²) in [5, 5.41) is 3.92. The van der Waals surface area contributed by atoms with E-state index in [0.717, 1.165) is 94.0 Å². The molecule has 4 aliphatic rings. The smallest absolute Gasteiger partial charge is 0.434 e. The number of halogens is 3. The third kappa shape index (κ3) is 7.22. The van der Waals surface area contributed by atoms with Crippen LogP contribution in [0.25, 0.3) is 11.4 Å². The van der Waals surface area contributed by atoms with Gasteiger partial charge in [0.15, 0.2) is 11.5 Å². The van der Waals surface area contributed by atoms with E-state index in [2.05, 4.69) is 47.9 Å². The molecule has 2 aromatic rings. The summed E-state index contributed by atoms with van der Waals surface area (Å²) in [7, 11) is 0. The standard InChI is InChI=1S/C38H47F3N4O4/c1-5-26-21-28(15-18-37(26,4)27-16-19-44(20-17-27)35(46)25-13-14-25)49-23-31-24(3)9-7-10-29(31)32-11-8-12-33(43-32)45-34(38(39,40)41)30(22-42-45)36(47)48-6-2/h8,11-12,15,21-22,24-25,27H,5-7,9-10,13-14,16-20,23H2,1-4H3. The molecule has 2 fully saturated rings. The number of amides is 1. The first-order valence-electron chi connectivity index (χ1n) is 17.8. The van der Waals surface area contributed by atoms with Gasteiger partial charge in [-0.05, 0) is 117 Å². The van der Waals surface area contributed by atoms with Crippen LogP contribution in [0, 0.1) is 23.2 Å². The molecule has 2 aromatic heterocycles. The van der Waals surface area contributed by atoms with Crippen LogP contribution in [0.3, 0.4) is 0 Å². The van der Waals surface area contributed by atoms with Crippen molar-refractivity contribution in [3.63, 3.8) is 0 Å². The highest BCUT2D eigenvalue weighted by Crippen LogP contribution is 2.49. The zero-order chi connectivity index (χ0) is 34.9. The lowest BCUT2D eigenvalue weighted by Crippen LogP contribution is -2.44. The quantitative estimate of drug-likeness (QED) is 0.235. The van der Waals surface area contributed by atoms with Crippen molar-refractivity contribution in [2.45, 2.75) is 91.7 Å². The maximum Gasteiger partial charge on any atom is 0.434 e. The molecule has 1 aliphatic heterocycles. The number of pyridine rings is 1. The molecule has 49 heavy (non-hydrogen) atoms. The van der Waals surface area contributed by atoms with Gasteiger partial charge in [-0.15, -0.1) is 0 Å². The van der Waals surface area contributed by atoms with Gasteiger partial charge in [0, 0.05) is 19.0 Å². The molecule has 0 aromatic carbocycles. The number of nitrogens with zero attached hydrogens (tertiary/aromatic N) is 4. The van der Waals surface area contributed by atoms with Crippen molar-refractivity contribution >= 4 is 17.4 Å². The fraction of sp³-hybridized carbons (Fsp3) is 0.579. The minimum absolute atomic E-state index is 0.0259. The zero-order valence-electron chi connectivity index (χ0n) is 28.9. The lowest BCUT2D eigenvalue weighted by molar-refractivity contribution is -0.143. The summed E-state index contributed by atoms with van der Waals surface area (Å²) in [5.41, 5.74) is 2.18. The number of hydrogen-bond donors (Lipinski definition) is 0. The molecular formula is C38H47F3N4O4. The van der Waals surface area contributed by atoms with Gasteiger partial charge in [-0.1, -0.05) is 32.4 Å². The number of hydrogen-bond acceptors (Lipinski definition) is 6. The molecule has 8 nitrogen and oxygen atoms in total. The fourth-order valence-corrected chi connectivity index (χ4v) is 7.96. The molecule has 264 valence electrons. The number of piperidine rings is 1. The molecule has 1 saturated carbocycles. The van der Waals surface area contributed by atoms with Crippen molar-refractivity contribution in [1.82, 2.24) is 19.7 Å². The second kappa shape index (κ2) is 14.2. The topological polar surface area (TPSA) is 86.5 Å². The van der Waals surface area contributed by atoms with Crippen LogP contribution in [0.15, 0.2) is 53.5 Å². The molecule has 1 saturated heterocycles. The summed E-state index contributed by atoms with van der Waals surface area (Å²) in [6.45, 7) is 10.2. The van der Waals surface area contributed by atoms with E-state index in [-0.39, 0.29) is 29.7 Å². The first-order valence-corrected chi connectivity index (χ1v) is 17.8. The van der Waals surface area contributed by atoms with Crippen LogP contribution >= 0.6 is 0 Å². The van der Waals surface area contributed by atoms with Gasteiger partial charge in [0.05, 0.1) is 18.5 Å². The zero-order valence-corrected chi connectivity index (χ0v) is 28.9. The Morgan fingerprint density at radius 2 is 1.84 bits per heavy atom. The van der Waals surface area contributed by atoms with Gasteiger partial charge in [-0.25, -0.2) is 14.5 Å². The van der Waals surface area contributed by atoms with E-state index in [1.807, 2.05) is 6.07 Å². The van der Waals surface area contributed by atoms with Crippen LogP contribution in [-0.2, 0) is 20.4 Å². The van der Waals surface area contributed by atoms with Gasteiger partial charge >= 0.3 is 12.1 Å². The number of rotatable bonds is 10. The number of alkyl halides is 3. The molecule has 1 amide bonds. The Morgan fingerprint density at radius 3 is 2.51 bits per heavy atom. The molecule has 3 aliphatic carbocycles. The lowest BCUT2D eigenvalue weighted by atomic mass is 9.63. The maximum absolute atomic E-state index is 14.2. The first-order chi connectivity index (χ1) is 23.4.